The molecule has 0 heterocycles. The van der Waals surface area contributed by atoms with Crippen molar-refractivity contribution < 1.29 is 39.5 Å². The third-order valence-corrected chi connectivity index (χ3v) is 8.18. The summed E-state index contributed by atoms with van der Waals surface area (Å²) in [4.78, 5) is 0. The Hall–Kier alpha value is -0.0871. The molecule has 0 fully saturated rings. The fourth-order valence-electron chi connectivity index (χ4n) is 0.657. The van der Waals surface area contributed by atoms with E-state index in [2.05, 4.69) is 0 Å². The molecule has 0 aromatic carbocycles. The van der Waals surface area contributed by atoms with Crippen LogP contribution in [0, 0.1) is 0 Å². The molecule has 0 aromatic rings. The maximum absolute atomic E-state index is 11.8. The zero-order valence-corrected chi connectivity index (χ0v) is 8.23. The van der Waals surface area contributed by atoms with Crippen LogP contribution in [0.3, 0.4) is 0 Å². The predicted octanol–water partition coefficient (Wildman–Crippen LogP) is 2.95. The van der Waals surface area contributed by atoms with Crippen LogP contribution in [-0.2, 0) is 0 Å². The van der Waals surface area contributed by atoms with Crippen LogP contribution in [0.5, 0.6) is 0 Å². The molecule has 0 bridgehead atoms. The van der Waals surface area contributed by atoms with Gasteiger partial charge >= 0.3 is 73.6 Å². The summed E-state index contributed by atoms with van der Waals surface area (Å²) in [5, 5.41) is -20.3. The van der Waals surface area contributed by atoms with Crippen LogP contribution in [0.25, 0.3) is 0 Å². The standard InChI is InChI=1S/C4H3F9Ge/c5-1(6)14(2(7)8,3(9)10)4(11,12)13/h1-3H. The Balaban J connectivity index is 5.40. The monoisotopic (exact) mass is 296 g/mol. The van der Waals surface area contributed by atoms with E-state index in [1.54, 1.807) is 0 Å². The molecule has 0 atom stereocenters. The topological polar surface area (TPSA) is 0 Å². The average Bonchev–Trinajstić information content (AvgIpc) is 1.79. The van der Waals surface area contributed by atoms with Gasteiger partial charge in [0.15, 0.2) is 0 Å². The molecular formula is C4H3F9Ge. The van der Waals surface area contributed by atoms with Gasteiger partial charge in [-0.2, -0.15) is 0 Å². The van der Waals surface area contributed by atoms with Crippen molar-refractivity contribution in [2.45, 2.75) is 20.8 Å². The van der Waals surface area contributed by atoms with Crippen molar-refractivity contribution >= 4 is 13.3 Å². The number of hydrogen-bond donors (Lipinski definition) is 0. The molecule has 0 spiro atoms. The molecule has 0 N–H and O–H groups in total. The Morgan fingerprint density at radius 3 is 0.857 bits per heavy atom. The zero-order chi connectivity index (χ0) is 11.7. The number of halogens is 9. The van der Waals surface area contributed by atoms with E-state index < -0.39 is 34.0 Å². The SMILES string of the molecule is F[CH](F)[Ge]([CH](F)F)([CH](F)F)[C](F)(F)F. The molecule has 86 valence electrons. The second kappa shape index (κ2) is 4.19. The summed E-state index contributed by atoms with van der Waals surface area (Å²) >= 11 is -7.81. The van der Waals surface area contributed by atoms with Crippen LogP contribution < -0.4 is 0 Å². The van der Waals surface area contributed by atoms with Crippen LogP contribution in [0.15, 0.2) is 0 Å². The summed E-state index contributed by atoms with van der Waals surface area (Å²) in [5.74, 6) is 0. The van der Waals surface area contributed by atoms with Crippen LogP contribution >= 0.6 is 0 Å². The first kappa shape index (κ1) is 13.9. The second-order valence-electron chi connectivity index (χ2n) is 2.33. The van der Waals surface area contributed by atoms with Gasteiger partial charge in [0.05, 0.1) is 0 Å². The van der Waals surface area contributed by atoms with E-state index in [1.165, 1.54) is 0 Å². The van der Waals surface area contributed by atoms with Crippen molar-refractivity contribution in [1.29, 1.82) is 0 Å². The van der Waals surface area contributed by atoms with Gasteiger partial charge in [-0.15, -0.1) is 0 Å². The van der Waals surface area contributed by atoms with Gasteiger partial charge < -0.3 is 0 Å². The third-order valence-electron chi connectivity index (χ3n) is 1.57. The Bertz CT molecular complexity index is 162. The predicted molar refractivity (Wildman–Crippen MR) is 29.8 cm³/mol. The van der Waals surface area contributed by atoms with E-state index in [-0.39, 0.29) is 0 Å². The summed E-state index contributed by atoms with van der Waals surface area (Å²) in [6.45, 7) is 0. The molecule has 0 saturated carbocycles. The molecule has 0 nitrogen and oxygen atoms in total. The van der Waals surface area contributed by atoms with E-state index in [0.717, 1.165) is 0 Å². The Kier molecular flexibility index (Phi) is 4.16. The molecular weight excluding hydrogens is 292 g/mol. The van der Waals surface area contributed by atoms with E-state index in [9.17, 15) is 39.5 Å². The number of rotatable bonds is 3. The first-order valence-electron chi connectivity index (χ1n) is 2.99. The first-order valence-corrected chi connectivity index (χ1v) is 7.68. The van der Waals surface area contributed by atoms with Crippen molar-refractivity contribution in [3.05, 3.63) is 0 Å². The van der Waals surface area contributed by atoms with Gasteiger partial charge in [0, 0.05) is 0 Å². The minimum absolute atomic E-state index is 4.70. The van der Waals surface area contributed by atoms with E-state index in [1.807, 2.05) is 0 Å². The van der Waals surface area contributed by atoms with Gasteiger partial charge in [-0.1, -0.05) is 0 Å². The van der Waals surface area contributed by atoms with Crippen molar-refractivity contribution in [1.82, 2.24) is 0 Å². The Labute approximate surface area is 74.4 Å². The van der Waals surface area contributed by atoms with Gasteiger partial charge in [0.1, 0.15) is 0 Å². The maximum atomic E-state index is 11.8. The molecule has 0 radical (unpaired) electrons. The second-order valence-corrected chi connectivity index (χ2v) is 10.2. The van der Waals surface area contributed by atoms with Gasteiger partial charge in [-0.25, -0.2) is 0 Å². The molecule has 14 heavy (non-hydrogen) atoms. The average molecular weight is 295 g/mol. The van der Waals surface area contributed by atoms with Crippen molar-refractivity contribution in [2.24, 2.45) is 0 Å². The van der Waals surface area contributed by atoms with Crippen LogP contribution in [0.1, 0.15) is 0 Å². The number of hydrogen-bond acceptors (Lipinski definition) is 0. The quantitative estimate of drug-likeness (QED) is 0.554. The zero-order valence-electron chi connectivity index (χ0n) is 6.13. The summed E-state index contributed by atoms with van der Waals surface area (Å²) in [7, 11) is 0. The molecule has 0 unspecified atom stereocenters. The molecule has 0 saturated heterocycles. The van der Waals surface area contributed by atoms with Gasteiger partial charge in [0.2, 0.25) is 0 Å². The Morgan fingerprint density at radius 1 is 0.643 bits per heavy atom. The first-order chi connectivity index (χ1) is 6.08. The Morgan fingerprint density at radius 2 is 0.857 bits per heavy atom. The molecule has 0 amide bonds. The van der Waals surface area contributed by atoms with Crippen molar-refractivity contribution in [3.63, 3.8) is 0 Å². The fourth-order valence-corrected chi connectivity index (χ4v) is 3.41. The summed E-state index contributed by atoms with van der Waals surface area (Å²) in [6, 6.07) is 0. The molecule has 0 rings (SSSR count). The van der Waals surface area contributed by atoms with E-state index in [0.29, 0.717) is 0 Å². The fraction of sp³-hybridized carbons (Fsp3) is 1.00. The van der Waals surface area contributed by atoms with Gasteiger partial charge in [0.25, 0.3) is 0 Å². The summed E-state index contributed by atoms with van der Waals surface area (Å²) < 4.78 is 106. The summed E-state index contributed by atoms with van der Waals surface area (Å²) in [6.07, 6.45) is 0. The van der Waals surface area contributed by atoms with Crippen LogP contribution in [-0.4, -0.2) is 34.0 Å². The van der Waals surface area contributed by atoms with Crippen LogP contribution in [0.2, 0.25) is 0 Å². The molecule has 0 aliphatic carbocycles. The molecule has 0 aliphatic rings. The van der Waals surface area contributed by atoms with Gasteiger partial charge in [-0.05, 0) is 0 Å². The van der Waals surface area contributed by atoms with Crippen molar-refractivity contribution in [2.75, 3.05) is 0 Å². The normalized spacial score (nSPS) is 14.6. The number of alkyl halides is 9. The molecule has 0 aromatic heterocycles. The van der Waals surface area contributed by atoms with Gasteiger partial charge in [-0.3, -0.25) is 0 Å². The van der Waals surface area contributed by atoms with E-state index in [4.69, 9.17) is 0 Å². The third kappa shape index (κ3) is 1.96. The molecule has 10 heteroatoms. The van der Waals surface area contributed by atoms with Crippen molar-refractivity contribution in [3.8, 4) is 0 Å². The van der Waals surface area contributed by atoms with E-state index >= 15 is 0 Å². The van der Waals surface area contributed by atoms with Crippen LogP contribution in [0.4, 0.5) is 39.5 Å². The molecule has 0 aliphatic heterocycles. The minimum atomic E-state index is -7.81. The summed E-state index contributed by atoms with van der Waals surface area (Å²) in [5.41, 5.74) is 0.